The van der Waals surface area contributed by atoms with Gasteiger partial charge in [0.05, 0.1) is 24.5 Å². The zero-order valence-corrected chi connectivity index (χ0v) is 20.4. The Kier molecular flexibility index (Phi) is 7.03. The van der Waals surface area contributed by atoms with Crippen LogP contribution < -0.4 is 10.2 Å². The number of hydrogen-bond acceptors (Lipinski definition) is 5. The first-order valence-corrected chi connectivity index (χ1v) is 12.0. The van der Waals surface area contributed by atoms with Gasteiger partial charge in [-0.05, 0) is 63.9 Å². The Bertz CT molecular complexity index is 987. The van der Waals surface area contributed by atoms with Crippen molar-refractivity contribution < 1.29 is 9.53 Å². The summed E-state index contributed by atoms with van der Waals surface area (Å²) in [6.45, 7) is 12.6. The maximum absolute atomic E-state index is 13.0. The minimum Gasteiger partial charge on any atom is -0.385 e. The minimum absolute atomic E-state index is 0.0869. The molecular weight excluding hydrogens is 412 g/mol. The standard InChI is InChI=1S/C27H36N4O2/c1-20-16-21(2)18-22(17-20)25-19-27(3,4)31(29-25)26(32)6-5-11-28-23-7-9-24(10-8-23)30-12-14-33-15-13-30/h7-10,16-18,28H,5-6,11-15,19H2,1-4H3. The highest BCUT2D eigenvalue weighted by Crippen LogP contribution is 2.31. The average molecular weight is 449 g/mol. The number of ether oxygens (including phenoxy) is 1. The molecule has 2 aliphatic rings. The molecule has 0 radical (unpaired) electrons. The van der Waals surface area contributed by atoms with Gasteiger partial charge in [0.25, 0.3) is 0 Å². The molecule has 176 valence electrons. The van der Waals surface area contributed by atoms with E-state index in [-0.39, 0.29) is 11.4 Å². The van der Waals surface area contributed by atoms with Gasteiger partial charge in [-0.2, -0.15) is 5.10 Å². The third kappa shape index (κ3) is 5.74. The second-order valence-electron chi connectivity index (χ2n) is 9.79. The van der Waals surface area contributed by atoms with Gasteiger partial charge in [0.15, 0.2) is 0 Å². The molecule has 1 N–H and O–H groups in total. The molecule has 0 aliphatic carbocycles. The van der Waals surface area contributed by atoms with Crippen molar-refractivity contribution in [1.82, 2.24) is 5.01 Å². The van der Waals surface area contributed by atoms with Crippen molar-refractivity contribution in [1.29, 1.82) is 0 Å². The molecule has 0 unspecified atom stereocenters. The summed E-state index contributed by atoms with van der Waals surface area (Å²) in [5, 5.41) is 9.89. The molecule has 33 heavy (non-hydrogen) atoms. The minimum atomic E-state index is -0.299. The summed E-state index contributed by atoms with van der Waals surface area (Å²) >= 11 is 0. The van der Waals surface area contributed by atoms with E-state index < -0.39 is 0 Å². The Hall–Kier alpha value is -2.86. The Morgan fingerprint density at radius 3 is 2.39 bits per heavy atom. The van der Waals surface area contributed by atoms with E-state index in [1.165, 1.54) is 16.8 Å². The molecule has 1 fully saturated rings. The first kappa shape index (κ1) is 23.3. The maximum Gasteiger partial charge on any atom is 0.243 e. The van der Waals surface area contributed by atoms with Crippen LogP contribution in [0.1, 0.15) is 49.8 Å². The SMILES string of the molecule is Cc1cc(C)cc(C2=NN(C(=O)CCCNc3ccc(N4CCOCC4)cc3)C(C)(C)C2)c1. The highest BCUT2D eigenvalue weighted by Gasteiger charge is 2.38. The van der Waals surface area contributed by atoms with Crippen molar-refractivity contribution in [3.8, 4) is 0 Å². The summed E-state index contributed by atoms with van der Waals surface area (Å²) < 4.78 is 5.42. The molecular formula is C27H36N4O2. The van der Waals surface area contributed by atoms with Crippen LogP contribution in [0.25, 0.3) is 0 Å². The van der Waals surface area contributed by atoms with Crippen LogP contribution in [-0.4, -0.2) is 55.0 Å². The van der Waals surface area contributed by atoms with Gasteiger partial charge in [-0.25, -0.2) is 5.01 Å². The van der Waals surface area contributed by atoms with E-state index in [2.05, 4.69) is 80.4 Å². The van der Waals surface area contributed by atoms with E-state index in [4.69, 9.17) is 9.84 Å². The van der Waals surface area contributed by atoms with E-state index in [0.717, 1.165) is 62.7 Å². The van der Waals surface area contributed by atoms with Crippen molar-refractivity contribution in [2.24, 2.45) is 5.10 Å². The van der Waals surface area contributed by atoms with Crippen LogP contribution in [0.4, 0.5) is 11.4 Å². The Labute approximate surface area is 197 Å². The average Bonchev–Trinajstić information content (AvgIpc) is 3.12. The van der Waals surface area contributed by atoms with Gasteiger partial charge < -0.3 is 15.0 Å². The lowest BCUT2D eigenvalue weighted by Crippen LogP contribution is -2.40. The number of carbonyl (C=O) groups excluding carboxylic acids is 1. The van der Waals surface area contributed by atoms with Crippen molar-refractivity contribution >= 4 is 23.0 Å². The molecule has 0 aromatic heterocycles. The largest absolute Gasteiger partial charge is 0.385 e. The molecule has 2 aromatic carbocycles. The monoisotopic (exact) mass is 448 g/mol. The molecule has 2 aliphatic heterocycles. The molecule has 6 nitrogen and oxygen atoms in total. The molecule has 0 saturated carbocycles. The van der Waals surface area contributed by atoms with Gasteiger partial charge in [0.1, 0.15) is 0 Å². The Morgan fingerprint density at radius 1 is 1.06 bits per heavy atom. The predicted octanol–water partition coefficient (Wildman–Crippen LogP) is 4.75. The molecule has 6 heteroatoms. The van der Waals surface area contributed by atoms with E-state index in [9.17, 15) is 4.79 Å². The van der Waals surface area contributed by atoms with Crippen LogP contribution in [0.15, 0.2) is 47.6 Å². The number of benzene rings is 2. The lowest BCUT2D eigenvalue weighted by molar-refractivity contribution is -0.135. The van der Waals surface area contributed by atoms with Gasteiger partial charge in [0, 0.05) is 43.9 Å². The summed E-state index contributed by atoms with van der Waals surface area (Å²) in [6, 6.07) is 15.0. The smallest absolute Gasteiger partial charge is 0.243 e. The van der Waals surface area contributed by atoms with Crippen LogP contribution in [0.3, 0.4) is 0 Å². The van der Waals surface area contributed by atoms with Crippen LogP contribution in [0.2, 0.25) is 0 Å². The summed E-state index contributed by atoms with van der Waals surface area (Å²) in [6.07, 6.45) is 2.02. The van der Waals surface area contributed by atoms with E-state index in [1.54, 1.807) is 5.01 Å². The molecule has 2 aromatic rings. The lowest BCUT2D eigenvalue weighted by Gasteiger charge is -2.29. The number of morpholine rings is 1. The fourth-order valence-electron chi connectivity index (χ4n) is 4.66. The normalized spacial score (nSPS) is 17.8. The number of carbonyl (C=O) groups is 1. The van der Waals surface area contributed by atoms with Crippen LogP contribution in [0, 0.1) is 13.8 Å². The fraction of sp³-hybridized carbons (Fsp3) is 0.481. The summed E-state index contributed by atoms with van der Waals surface area (Å²) in [7, 11) is 0. The first-order valence-electron chi connectivity index (χ1n) is 12.0. The lowest BCUT2D eigenvalue weighted by atomic mass is 9.93. The number of nitrogens with zero attached hydrogens (tertiary/aromatic N) is 3. The first-order chi connectivity index (χ1) is 15.8. The van der Waals surface area contributed by atoms with Crippen molar-refractivity contribution in [3.05, 3.63) is 59.2 Å². The summed E-state index contributed by atoms with van der Waals surface area (Å²) in [5.41, 5.74) is 6.58. The summed E-state index contributed by atoms with van der Waals surface area (Å²) in [5.74, 6) is 0.0869. The molecule has 2 heterocycles. The van der Waals surface area contributed by atoms with Gasteiger partial charge in [-0.15, -0.1) is 0 Å². The third-order valence-electron chi connectivity index (χ3n) is 6.33. The van der Waals surface area contributed by atoms with Crippen LogP contribution in [0.5, 0.6) is 0 Å². The topological polar surface area (TPSA) is 57.2 Å². The Balaban J connectivity index is 1.28. The zero-order valence-electron chi connectivity index (χ0n) is 20.4. The molecule has 0 atom stereocenters. The quantitative estimate of drug-likeness (QED) is 0.621. The second-order valence-corrected chi connectivity index (χ2v) is 9.79. The summed E-state index contributed by atoms with van der Waals surface area (Å²) in [4.78, 5) is 15.3. The predicted molar refractivity (Wildman–Crippen MR) is 135 cm³/mol. The third-order valence-corrected chi connectivity index (χ3v) is 6.33. The number of hydrazone groups is 1. The number of rotatable bonds is 7. The van der Waals surface area contributed by atoms with Crippen molar-refractivity contribution in [3.63, 3.8) is 0 Å². The molecule has 0 bridgehead atoms. The number of anilines is 2. The maximum atomic E-state index is 13.0. The van der Waals surface area contributed by atoms with Crippen molar-refractivity contribution in [2.75, 3.05) is 43.1 Å². The number of hydrogen-bond donors (Lipinski definition) is 1. The highest BCUT2D eigenvalue weighted by molar-refractivity contribution is 6.03. The molecule has 1 saturated heterocycles. The van der Waals surface area contributed by atoms with Gasteiger partial charge in [-0.1, -0.05) is 29.3 Å². The Morgan fingerprint density at radius 2 is 1.73 bits per heavy atom. The molecule has 1 amide bonds. The highest BCUT2D eigenvalue weighted by atomic mass is 16.5. The van der Waals surface area contributed by atoms with Gasteiger partial charge >= 0.3 is 0 Å². The molecule has 4 rings (SSSR count). The molecule has 0 spiro atoms. The second kappa shape index (κ2) is 9.96. The van der Waals surface area contributed by atoms with E-state index in [0.29, 0.717) is 6.42 Å². The number of aryl methyl sites for hydroxylation is 2. The van der Waals surface area contributed by atoms with Crippen molar-refractivity contribution in [2.45, 2.75) is 52.5 Å². The van der Waals surface area contributed by atoms with Gasteiger partial charge in [-0.3, -0.25) is 4.79 Å². The fourth-order valence-corrected chi connectivity index (χ4v) is 4.66. The van der Waals surface area contributed by atoms with E-state index >= 15 is 0 Å². The van der Waals surface area contributed by atoms with Crippen LogP contribution in [-0.2, 0) is 9.53 Å². The van der Waals surface area contributed by atoms with Gasteiger partial charge in [0.2, 0.25) is 5.91 Å². The number of nitrogens with one attached hydrogen (secondary N) is 1. The number of amides is 1. The zero-order chi connectivity index (χ0) is 23.4. The van der Waals surface area contributed by atoms with Crippen LogP contribution >= 0.6 is 0 Å². The van der Waals surface area contributed by atoms with E-state index in [1.807, 2.05) is 0 Å².